The largest absolute Gasteiger partial charge is 0.435 e. The lowest BCUT2D eigenvalue weighted by Crippen LogP contribution is -2.28. The van der Waals surface area contributed by atoms with Crippen LogP contribution in [0.25, 0.3) is 5.69 Å². The molecule has 1 atom stereocenters. The Hall–Kier alpha value is -3.91. The molecule has 0 saturated heterocycles. The molecule has 0 radical (unpaired) electrons. The van der Waals surface area contributed by atoms with E-state index in [0.717, 1.165) is 41.1 Å². The Bertz CT molecular complexity index is 1460. The van der Waals surface area contributed by atoms with Gasteiger partial charge in [0.2, 0.25) is 0 Å². The van der Waals surface area contributed by atoms with Crippen molar-refractivity contribution in [3.8, 4) is 5.69 Å². The zero-order valence-corrected chi connectivity index (χ0v) is 21.6. The van der Waals surface area contributed by atoms with E-state index in [4.69, 9.17) is 0 Å². The quantitative estimate of drug-likeness (QED) is 0.241. The number of aryl methyl sites for hydroxylation is 1. The van der Waals surface area contributed by atoms with Crippen molar-refractivity contribution in [1.29, 1.82) is 0 Å². The van der Waals surface area contributed by atoms with Crippen LogP contribution in [0.3, 0.4) is 0 Å². The molecule has 1 fully saturated rings. The molecule has 39 heavy (non-hydrogen) atoms. The Labute approximate surface area is 225 Å². The summed E-state index contributed by atoms with van der Waals surface area (Å²) in [5.74, 6) is -0.129. The molecule has 5 rings (SSSR count). The van der Waals surface area contributed by atoms with Crippen LogP contribution >= 0.6 is 0 Å². The van der Waals surface area contributed by atoms with Crippen LogP contribution in [0.2, 0.25) is 0 Å². The third-order valence-corrected chi connectivity index (χ3v) is 7.26. The number of hydrogen-bond donors (Lipinski definition) is 2. The summed E-state index contributed by atoms with van der Waals surface area (Å²) in [4.78, 5) is 13.4. The zero-order valence-electron chi connectivity index (χ0n) is 21.6. The van der Waals surface area contributed by atoms with Gasteiger partial charge in [-0.15, -0.1) is 0 Å². The lowest BCUT2D eigenvalue weighted by molar-refractivity contribution is -0.141. The number of nitrogens with zero attached hydrogens (tertiary/aromatic N) is 2. The number of aromatic nitrogens is 2. The van der Waals surface area contributed by atoms with E-state index in [0.29, 0.717) is 35.7 Å². The molecule has 1 aliphatic rings. The third kappa shape index (κ3) is 5.91. The van der Waals surface area contributed by atoms with Crippen LogP contribution in [0.15, 0.2) is 84.9 Å². The first-order chi connectivity index (χ1) is 18.7. The van der Waals surface area contributed by atoms with Gasteiger partial charge in [-0.05, 0) is 66.1 Å². The summed E-state index contributed by atoms with van der Waals surface area (Å²) in [7, 11) is 0. The molecule has 1 aromatic heterocycles. The van der Waals surface area contributed by atoms with E-state index in [1.807, 2.05) is 43.3 Å². The molecule has 1 unspecified atom stereocenters. The van der Waals surface area contributed by atoms with E-state index < -0.39 is 23.4 Å². The highest BCUT2D eigenvalue weighted by molar-refractivity contribution is 6.03. The van der Waals surface area contributed by atoms with Crippen LogP contribution < -0.4 is 5.32 Å². The first-order valence-corrected chi connectivity index (χ1v) is 13.1. The average Bonchev–Trinajstić information content (AvgIpc) is 3.66. The van der Waals surface area contributed by atoms with E-state index in [-0.39, 0.29) is 5.69 Å². The van der Waals surface area contributed by atoms with E-state index in [2.05, 4.69) is 10.4 Å². The second kappa shape index (κ2) is 10.7. The van der Waals surface area contributed by atoms with Crippen molar-refractivity contribution in [1.82, 2.24) is 9.78 Å². The van der Waals surface area contributed by atoms with Gasteiger partial charge in [0, 0.05) is 11.8 Å². The minimum absolute atomic E-state index is 0.243. The molecular weight excluding hydrogens is 503 g/mol. The monoisotopic (exact) mass is 533 g/mol. The van der Waals surface area contributed by atoms with Gasteiger partial charge >= 0.3 is 6.18 Å². The SMILES string of the molecule is CCc1cccc(-n2nc(C(F)(F)F)cc2C(=O)Nc2cccc(C(O)(CCC3CC3)c3ccccc3)c2)c1. The summed E-state index contributed by atoms with van der Waals surface area (Å²) >= 11 is 0. The summed E-state index contributed by atoms with van der Waals surface area (Å²) in [6, 6.07) is 23.9. The molecule has 1 amide bonds. The standard InChI is InChI=1S/C31H30F3N3O2/c1-2-21-8-6-13-26(18-21)37-27(20-28(36-37)31(32,33)34)29(38)35-25-12-7-11-24(19-25)30(39,17-16-22-14-15-22)23-9-4-3-5-10-23/h3-13,18-20,22,39H,2,14-17H2,1H3,(H,35,38). The predicted octanol–water partition coefficient (Wildman–Crippen LogP) is 7.13. The van der Waals surface area contributed by atoms with Gasteiger partial charge in [-0.1, -0.05) is 74.4 Å². The first-order valence-electron chi connectivity index (χ1n) is 13.1. The minimum atomic E-state index is -4.71. The highest BCUT2D eigenvalue weighted by Gasteiger charge is 2.37. The molecule has 1 heterocycles. The highest BCUT2D eigenvalue weighted by Crippen LogP contribution is 2.41. The molecular formula is C31H30F3N3O2. The number of rotatable bonds is 9. The van der Waals surface area contributed by atoms with E-state index >= 15 is 0 Å². The fourth-order valence-electron chi connectivity index (χ4n) is 4.82. The van der Waals surface area contributed by atoms with Crippen molar-refractivity contribution in [2.24, 2.45) is 5.92 Å². The Morgan fingerprint density at radius 3 is 2.38 bits per heavy atom. The molecule has 0 spiro atoms. The molecule has 0 aliphatic heterocycles. The van der Waals surface area contributed by atoms with Gasteiger partial charge in [0.1, 0.15) is 11.3 Å². The number of amides is 1. The molecule has 8 heteroatoms. The maximum Gasteiger partial charge on any atom is 0.435 e. The molecule has 1 saturated carbocycles. The smallest absolute Gasteiger partial charge is 0.380 e. The number of alkyl halides is 3. The maximum atomic E-state index is 13.6. The molecule has 2 N–H and O–H groups in total. The zero-order chi connectivity index (χ0) is 27.6. The number of hydrogen-bond acceptors (Lipinski definition) is 3. The average molecular weight is 534 g/mol. The summed E-state index contributed by atoms with van der Waals surface area (Å²) in [5, 5.41) is 18.3. The number of carbonyl (C=O) groups is 1. The summed E-state index contributed by atoms with van der Waals surface area (Å²) < 4.78 is 41.8. The molecule has 202 valence electrons. The van der Waals surface area contributed by atoms with Crippen molar-refractivity contribution in [2.45, 2.75) is 50.8 Å². The van der Waals surface area contributed by atoms with Gasteiger partial charge in [-0.25, -0.2) is 4.68 Å². The number of aliphatic hydroxyl groups is 1. The summed E-state index contributed by atoms with van der Waals surface area (Å²) in [6.45, 7) is 1.94. The van der Waals surface area contributed by atoms with Crippen molar-refractivity contribution in [2.75, 3.05) is 5.32 Å². The normalized spacial score (nSPS) is 15.1. The topological polar surface area (TPSA) is 67.2 Å². The Kier molecular flexibility index (Phi) is 7.32. The van der Waals surface area contributed by atoms with Crippen LogP contribution in [0.1, 0.15) is 65.5 Å². The van der Waals surface area contributed by atoms with Gasteiger partial charge in [0.15, 0.2) is 5.69 Å². The fourth-order valence-corrected chi connectivity index (χ4v) is 4.82. The van der Waals surface area contributed by atoms with Gasteiger partial charge in [-0.2, -0.15) is 18.3 Å². The fraction of sp³-hybridized carbons (Fsp3) is 0.290. The number of anilines is 1. The van der Waals surface area contributed by atoms with Gasteiger partial charge in [0.05, 0.1) is 5.69 Å². The van der Waals surface area contributed by atoms with Crippen LogP contribution in [0.5, 0.6) is 0 Å². The van der Waals surface area contributed by atoms with Crippen LogP contribution in [0, 0.1) is 5.92 Å². The Balaban J connectivity index is 1.48. The van der Waals surface area contributed by atoms with Crippen LogP contribution in [-0.4, -0.2) is 20.8 Å². The molecule has 4 aromatic rings. The minimum Gasteiger partial charge on any atom is -0.380 e. The summed E-state index contributed by atoms with van der Waals surface area (Å²) in [5.41, 5.74) is 0.322. The second-order valence-corrected chi connectivity index (χ2v) is 10.1. The van der Waals surface area contributed by atoms with E-state index in [1.54, 1.807) is 42.5 Å². The Morgan fingerprint density at radius 1 is 0.974 bits per heavy atom. The van der Waals surface area contributed by atoms with Gasteiger partial charge < -0.3 is 10.4 Å². The third-order valence-electron chi connectivity index (χ3n) is 7.26. The number of carbonyl (C=O) groups excluding carboxylic acids is 1. The number of benzene rings is 3. The van der Waals surface area contributed by atoms with Crippen molar-refractivity contribution < 1.29 is 23.1 Å². The molecule has 5 nitrogen and oxygen atoms in total. The number of nitrogens with one attached hydrogen (secondary N) is 1. The van der Waals surface area contributed by atoms with Gasteiger partial charge in [0.25, 0.3) is 5.91 Å². The van der Waals surface area contributed by atoms with E-state index in [9.17, 15) is 23.1 Å². The van der Waals surface area contributed by atoms with E-state index in [1.165, 1.54) is 0 Å². The van der Waals surface area contributed by atoms with Crippen LogP contribution in [0.4, 0.5) is 18.9 Å². The Morgan fingerprint density at radius 2 is 1.69 bits per heavy atom. The first kappa shape index (κ1) is 26.7. The van der Waals surface area contributed by atoms with Crippen molar-refractivity contribution in [3.63, 3.8) is 0 Å². The summed E-state index contributed by atoms with van der Waals surface area (Å²) in [6.07, 6.45) is -0.310. The maximum absolute atomic E-state index is 13.6. The van der Waals surface area contributed by atoms with Crippen molar-refractivity contribution >= 4 is 11.6 Å². The van der Waals surface area contributed by atoms with Crippen molar-refractivity contribution in [3.05, 3.63) is 113 Å². The highest BCUT2D eigenvalue weighted by atomic mass is 19.4. The molecule has 1 aliphatic carbocycles. The second-order valence-electron chi connectivity index (χ2n) is 10.1. The molecule has 3 aromatic carbocycles. The van der Waals surface area contributed by atoms with Gasteiger partial charge in [-0.3, -0.25) is 4.79 Å². The lowest BCUT2D eigenvalue weighted by atomic mass is 9.82. The van der Waals surface area contributed by atoms with Crippen LogP contribution in [-0.2, 0) is 18.2 Å². The number of halogens is 3. The lowest BCUT2D eigenvalue weighted by Gasteiger charge is -2.30. The predicted molar refractivity (Wildman–Crippen MR) is 144 cm³/mol. The molecule has 0 bridgehead atoms.